The van der Waals surface area contributed by atoms with Crippen LogP contribution in [0.4, 0.5) is 0 Å². The summed E-state index contributed by atoms with van der Waals surface area (Å²) >= 11 is 7.23. The lowest BCUT2D eigenvalue weighted by Crippen LogP contribution is -2.05. The van der Waals surface area contributed by atoms with Gasteiger partial charge in [-0.25, -0.2) is 9.78 Å². The minimum Gasteiger partial charge on any atom is -0.493 e. The van der Waals surface area contributed by atoms with E-state index in [2.05, 4.69) is 9.97 Å². The van der Waals surface area contributed by atoms with Gasteiger partial charge in [-0.2, -0.15) is 0 Å². The van der Waals surface area contributed by atoms with E-state index < -0.39 is 5.97 Å². The highest BCUT2D eigenvalue weighted by atomic mass is 35.5. The summed E-state index contributed by atoms with van der Waals surface area (Å²) in [5, 5.41) is 3.10. The Kier molecular flexibility index (Phi) is 5.25. The summed E-state index contributed by atoms with van der Waals surface area (Å²) in [5.74, 6) is 0.806. The Hall–Kier alpha value is -2.51. The van der Waals surface area contributed by atoms with Crippen molar-refractivity contribution in [3.63, 3.8) is 0 Å². The molecule has 1 aromatic carbocycles. The zero-order chi connectivity index (χ0) is 17.8. The number of rotatable bonds is 6. The third kappa shape index (κ3) is 3.94. The number of hydrogen-bond acceptors (Lipinski definition) is 6. The number of H-pyrrole nitrogens is 1. The largest absolute Gasteiger partial charge is 0.493 e. The van der Waals surface area contributed by atoms with Gasteiger partial charge in [0.1, 0.15) is 17.3 Å². The number of methoxy groups -OCH3 is 2. The molecule has 0 aliphatic rings. The summed E-state index contributed by atoms with van der Waals surface area (Å²) in [5.41, 5.74) is 1.87. The second-order valence-electron chi connectivity index (χ2n) is 5.02. The lowest BCUT2D eigenvalue weighted by molar-refractivity contribution is 0.0462. The highest BCUT2D eigenvalue weighted by molar-refractivity contribution is 7.13. The van der Waals surface area contributed by atoms with Crippen molar-refractivity contribution >= 4 is 28.9 Å². The Bertz CT molecular complexity index is 890. The van der Waals surface area contributed by atoms with Crippen LogP contribution in [0.3, 0.4) is 0 Å². The van der Waals surface area contributed by atoms with Gasteiger partial charge in [-0.05, 0) is 24.3 Å². The number of nitrogens with one attached hydrogen (secondary N) is 1. The lowest BCUT2D eigenvalue weighted by Gasteiger charge is -2.08. The molecule has 0 atom stereocenters. The molecule has 0 amide bonds. The van der Waals surface area contributed by atoms with Gasteiger partial charge in [-0.1, -0.05) is 11.6 Å². The standard InChI is InChI=1S/C17H15ClN2O4S/c1-22-14-4-3-10(5-15(14)23-2)16-20-12(9-25-16)8-24-17(21)13-6-11(18)7-19-13/h3-7,9,19H,8H2,1-2H3. The normalized spacial score (nSPS) is 10.5. The molecule has 8 heteroatoms. The average molecular weight is 379 g/mol. The number of carbonyl (C=O) groups is 1. The minimum absolute atomic E-state index is 0.0826. The highest BCUT2D eigenvalue weighted by Crippen LogP contribution is 2.33. The van der Waals surface area contributed by atoms with Crippen LogP contribution in [0.5, 0.6) is 11.5 Å². The lowest BCUT2D eigenvalue weighted by atomic mass is 10.2. The van der Waals surface area contributed by atoms with Crippen LogP contribution in [-0.4, -0.2) is 30.2 Å². The summed E-state index contributed by atoms with van der Waals surface area (Å²) in [6, 6.07) is 7.09. The second kappa shape index (κ2) is 7.58. The molecule has 0 saturated heterocycles. The van der Waals surface area contributed by atoms with Gasteiger partial charge >= 0.3 is 5.97 Å². The SMILES string of the molecule is COc1ccc(-c2nc(COC(=O)c3cc(Cl)c[nH]3)cs2)cc1OC. The van der Waals surface area contributed by atoms with Crippen molar-refractivity contribution in [2.24, 2.45) is 0 Å². The van der Waals surface area contributed by atoms with E-state index in [0.29, 0.717) is 27.9 Å². The molecule has 0 aliphatic heterocycles. The average Bonchev–Trinajstić information content (AvgIpc) is 3.28. The molecule has 3 aromatic rings. The molecule has 1 N–H and O–H groups in total. The summed E-state index contributed by atoms with van der Waals surface area (Å²) in [4.78, 5) is 19.1. The van der Waals surface area contributed by atoms with E-state index in [1.54, 1.807) is 14.2 Å². The van der Waals surface area contributed by atoms with E-state index >= 15 is 0 Å². The molecule has 0 fully saturated rings. The van der Waals surface area contributed by atoms with Crippen molar-refractivity contribution in [2.75, 3.05) is 14.2 Å². The number of thiazole rings is 1. The minimum atomic E-state index is -0.479. The number of nitrogens with zero attached hydrogens (tertiary/aromatic N) is 1. The third-order valence-electron chi connectivity index (χ3n) is 3.40. The fourth-order valence-corrected chi connectivity index (χ4v) is 3.14. The van der Waals surface area contributed by atoms with Crippen LogP contribution in [0.1, 0.15) is 16.2 Å². The predicted octanol–water partition coefficient (Wildman–Crippen LogP) is 4.17. The van der Waals surface area contributed by atoms with Gasteiger partial charge in [0.2, 0.25) is 0 Å². The number of aromatic nitrogens is 2. The third-order valence-corrected chi connectivity index (χ3v) is 4.56. The topological polar surface area (TPSA) is 73.4 Å². The van der Waals surface area contributed by atoms with E-state index in [1.807, 2.05) is 23.6 Å². The number of esters is 1. The van der Waals surface area contributed by atoms with Gasteiger partial charge in [-0.3, -0.25) is 0 Å². The number of carbonyl (C=O) groups excluding carboxylic acids is 1. The van der Waals surface area contributed by atoms with Gasteiger partial charge in [0.15, 0.2) is 11.5 Å². The molecule has 0 aliphatic carbocycles. The van der Waals surface area contributed by atoms with E-state index in [0.717, 1.165) is 10.6 Å². The van der Waals surface area contributed by atoms with Crippen LogP contribution < -0.4 is 9.47 Å². The number of hydrogen-bond donors (Lipinski definition) is 1. The maximum absolute atomic E-state index is 11.9. The van der Waals surface area contributed by atoms with Crippen molar-refractivity contribution < 1.29 is 19.0 Å². The van der Waals surface area contributed by atoms with Gasteiger partial charge in [0, 0.05) is 17.1 Å². The van der Waals surface area contributed by atoms with Gasteiger partial charge < -0.3 is 19.2 Å². The van der Waals surface area contributed by atoms with Crippen molar-refractivity contribution in [3.05, 3.63) is 52.3 Å². The molecular weight excluding hydrogens is 364 g/mol. The Labute approximate surface area is 153 Å². The summed E-state index contributed by atoms with van der Waals surface area (Å²) in [6.07, 6.45) is 1.52. The van der Waals surface area contributed by atoms with Crippen LogP contribution in [0.2, 0.25) is 5.02 Å². The fourth-order valence-electron chi connectivity index (χ4n) is 2.18. The Balaban J connectivity index is 1.69. The van der Waals surface area contributed by atoms with E-state index in [1.165, 1.54) is 23.6 Å². The van der Waals surface area contributed by atoms with Crippen molar-refractivity contribution in [1.82, 2.24) is 9.97 Å². The molecule has 0 bridgehead atoms. The predicted molar refractivity (Wildman–Crippen MR) is 95.6 cm³/mol. The quantitative estimate of drug-likeness (QED) is 0.652. The van der Waals surface area contributed by atoms with Crippen molar-refractivity contribution in [3.8, 4) is 22.1 Å². The molecule has 0 spiro atoms. The first-order valence-electron chi connectivity index (χ1n) is 7.28. The zero-order valence-electron chi connectivity index (χ0n) is 13.5. The zero-order valence-corrected chi connectivity index (χ0v) is 15.1. The molecule has 0 saturated carbocycles. The van der Waals surface area contributed by atoms with Gasteiger partial charge in [-0.15, -0.1) is 11.3 Å². The number of benzene rings is 1. The van der Waals surface area contributed by atoms with E-state index in [4.69, 9.17) is 25.8 Å². The smallest absolute Gasteiger partial charge is 0.355 e. The first-order chi connectivity index (χ1) is 12.1. The van der Waals surface area contributed by atoms with Crippen LogP contribution in [-0.2, 0) is 11.3 Å². The first-order valence-corrected chi connectivity index (χ1v) is 8.54. The van der Waals surface area contributed by atoms with Crippen LogP contribution in [0, 0.1) is 0 Å². The summed E-state index contributed by atoms with van der Waals surface area (Å²) < 4.78 is 15.8. The Morgan fingerprint density at radius 1 is 1.24 bits per heavy atom. The molecule has 25 heavy (non-hydrogen) atoms. The van der Waals surface area contributed by atoms with Gasteiger partial charge in [0.25, 0.3) is 0 Å². The molecule has 2 heterocycles. The maximum atomic E-state index is 11.9. The van der Waals surface area contributed by atoms with Crippen LogP contribution in [0.15, 0.2) is 35.8 Å². The Morgan fingerprint density at radius 2 is 2.04 bits per heavy atom. The Morgan fingerprint density at radius 3 is 2.72 bits per heavy atom. The second-order valence-corrected chi connectivity index (χ2v) is 6.32. The van der Waals surface area contributed by atoms with Crippen LogP contribution in [0.25, 0.3) is 10.6 Å². The van der Waals surface area contributed by atoms with Crippen LogP contribution >= 0.6 is 22.9 Å². The van der Waals surface area contributed by atoms with Gasteiger partial charge in [0.05, 0.1) is 24.9 Å². The van der Waals surface area contributed by atoms with Crippen molar-refractivity contribution in [1.29, 1.82) is 0 Å². The number of halogens is 1. The molecular formula is C17H15ClN2O4S. The molecule has 130 valence electrons. The molecule has 6 nitrogen and oxygen atoms in total. The fraction of sp³-hybridized carbons (Fsp3) is 0.176. The molecule has 0 unspecified atom stereocenters. The highest BCUT2D eigenvalue weighted by Gasteiger charge is 2.13. The van der Waals surface area contributed by atoms with E-state index in [-0.39, 0.29) is 6.61 Å². The maximum Gasteiger partial charge on any atom is 0.355 e. The van der Waals surface area contributed by atoms with Crippen molar-refractivity contribution in [2.45, 2.75) is 6.61 Å². The first kappa shape index (κ1) is 17.3. The molecule has 2 aromatic heterocycles. The molecule has 3 rings (SSSR count). The number of ether oxygens (including phenoxy) is 3. The monoisotopic (exact) mass is 378 g/mol. The summed E-state index contributed by atoms with van der Waals surface area (Å²) in [7, 11) is 3.17. The van der Waals surface area contributed by atoms with E-state index in [9.17, 15) is 4.79 Å². The molecule has 0 radical (unpaired) electrons. The number of aromatic amines is 1. The summed E-state index contributed by atoms with van der Waals surface area (Å²) in [6.45, 7) is 0.0826.